The fourth-order valence-electron chi connectivity index (χ4n) is 3.27. The van der Waals surface area contributed by atoms with Crippen molar-refractivity contribution in [3.63, 3.8) is 0 Å². The predicted molar refractivity (Wildman–Crippen MR) is 87.9 cm³/mol. The molecule has 23 heavy (non-hydrogen) atoms. The average Bonchev–Trinajstić information content (AvgIpc) is 3.18. The molecule has 0 radical (unpaired) electrons. The van der Waals surface area contributed by atoms with E-state index in [4.69, 9.17) is 0 Å². The number of rotatable bonds is 4. The van der Waals surface area contributed by atoms with Crippen molar-refractivity contribution in [2.24, 2.45) is 0 Å². The number of hydrogen-bond donors (Lipinski definition) is 1. The average molecular weight is 358 g/mol. The second kappa shape index (κ2) is 6.82. The summed E-state index contributed by atoms with van der Waals surface area (Å²) in [7, 11) is -3.39. The zero-order chi connectivity index (χ0) is 16.4. The molecule has 7 nitrogen and oxygen atoms in total. The van der Waals surface area contributed by atoms with E-state index in [2.05, 4.69) is 14.9 Å². The summed E-state index contributed by atoms with van der Waals surface area (Å²) in [5.41, 5.74) is 0. The van der Waals surface area contributed by atoms with Crippen LogP contribution in [0.5, 0.6) is 0 Å². The van der Waals surface area contributed by atoms with Crippen molar-refractivity contribution >= 4 is 27.3 Å². The molecule has 0 bridgehead atoms. The van der Waals surface area contributed by atoms with E-state index in [1.54, 1.807) is 11.8 Å². The highest BCUT2D eigenvalue weighted by molar-refractivity contribution is 7.90. The summed E-state index contributed by atoms with van der Waals surface area (Å²) in [6.07, 6.45) is 5.29. The molecule has 1 saturated heterocycles. The molecule has 1 aromatic rings. The fourth-order valence-corrected chi connectivity index (χ4v) is 5.67. The third-order valence-electron chi connectivity index (χ3n) is 4.50. The molecule has 1 N–H and O–H groups in total. The molecule has 1 aromatic heterocycles. The van der Waals surface area contributed by atoms with Crippen molar-refractivity contribution in [2.45, 2.75) is 56.7 Å². The van der Waals surface area contributed by atoms with E-state index >= 15 is 0 Å². The van der Waals surface area contributed by atoms with Crippen LogP contribution in [0.2, 0.25) is 0 Å². The van der Waals surface area contributed by atoms with Gasteiger partial charge >= 0.3 is 0 Å². The van der Waals surface area contributed by atoms with Crippen LogP contribution in [-0.4, -0.2) is 53.8 Å². The minimum absolute atomic E-state index is 0.0666. The third-order valence-corrected chi connectivity index (χ3v) is 7.25. The lowest BCUT2D eigenvalue weighted by Crippen LogP contribution is -2.49. The van der Waals surface area contributed by atoms with Crippen LogP contribution in [0, 0.1) is 6.92 Å². The Labute approximate surface area is 140 Å². The van der Waals surface area contributed by atoms with Crippen molar-refractivity contribution in [3.05, 3.63) is 10.0 Å². The predicted octanol–water partition coefficient (Wildman–Crippen LogP) is 1.31. The van der Waals surface area contributed by atoms with Gasteiger partial charge in [-0.15, -0.1) is 10.2 Å². The summed E-state index contributed by atoms with van der Waals surface area (Å²) in [5.74, 6) is -0.212. The number of nitrogens with zero attached hydrogens (tertiary/aromatic N) is 3. The Morgan fingerprint density at radius 3 is 2.61 bits per heavy atom. The highest BCUT2D eigenvalue weighted by atomic mass is 32.2. The molecule has 2 aliphatic rings. The highest BCUT2D eigenvalue weighted by Crippen LogP contribution is 2.23. The molecule has 2 fully saturated rings. The van der Waals surface area contributed by atoms with E-state index in [0.717, 1.165) is 30.7 Å². The molecule has 9 heteroatoms. The zero-order valence-electron chi connectivity index (χ0n) is 13.2. The maximum Gasteiger partial charge on any atom is 0.284 e. The largest absolute Gasteiger partial charge is 0.335 e. The second-order valence-corrected chi connectivity index (χ2v) is 9.46. The van der Waals surface area contributed by atoms with Crippen LogP contribution in [0.4, 0.5) is 0 Å². The van der Waals surface area contributed by atoms with Crippen LogP contribution in [0.25, 0.3) is 0 Å². The number of aromatic nitrogens is 2. The van der Waals surface area contributed by atoms with Crippen molar-refractivity contribution in [3.8, 4) is 0 Å². The van der Waals surface area contributed by atoms with Gasteiger partial charge in [-0.05, 0) is 32.6 Å². The number of hydrogen-bond acceptors (Lipinski definition) is 6. The van der Waals surface area contributed by atoms with Gasteiger partial charge in [0.1, 0.15) is 5.01 Å². The standard InChI is InChI=1S/C14H22N4O3S2/c1-10-15-16-13(22-10)14(19)18-8-4-7-12(9-18)23(20,21)17-11-5-2-3-6-11/h11-12,17H,2-9H2,1H3/t12-/m0/s1. The first-order valence-electron chi connectivity index (χ1n) is 8.06. The molecule has 0 spiro atoms. The van der Waals surface area contributed by atoms with Gasteiger partial charge in [0.15, 0.2) is 0 Å². The van der Waals surface area contributed by atoms with E-state index in [9.17, 15) is 13.2 Å². The summed E-state index contributed by atoms with van der Waals surface area (Å²) < 4.78 is 28.0. The Hall–Kier alpha value is -1.06. The first-order valence-corrected chi connectivity index (χ1v) is 10.4. The van der Waals surface area contributed by atoms with Gasteiger partial charge in [-0.1, -0.05) is 24.2 Å². The van der Waals surface area contributed by atoms with Gasteiger partial charge in [-0.25, -0.2) is 13.1 Å². The number of amides is 1. The first-order chi connectivity index (χ1) is 11.0. The summed E-state index contributed by atoms with van der Waals surface area (Å²) in [4.78, 5) is 14.0. The molecule has 3 rings (SSSR count). The number of piperidine rings is 1. The van der Waals surface area contributed by atoms with Gasteiger partial charge in [0.05, 0.1) is 5.25 Å². The van der Waals surface area contributed by atoms with E-state index < -0.39 is 15.3 Å². The van der Waals surface area contributed by atoms with E-state index in [1.807, 2.05) is 0 Å². The lowest BCUT2D eigenvalue weighted by atomic mass is 10.1. The molecule has 0 unspecified atom stereocenters. The molecule has 128 valence electrons. The Balaban J connectivity index is 1.66. The fraction of sp³-hybridized carbons (Fsp3) is 0.786. The number of nitrogens with one attached hydrogen (secondary N) is 1. The Kier molecular flexibility index (Phi) is 4.98. The molecule has 0 aromatic carbocycles. The Bertz CT molecular complexity index is 667. The van der Waals surface area contributed by atoms with Gasteiger partial charge in [-0.2, -0.15) is 0 Å². The smallest absolute Gasteiger partial charge is 0.284 e. The van der Waals surface area contributed by atoms with Crippen LogP contribution in [0.15, 0.2) is 0 Å². The lowest BCUT2D eigenvalue weighted by molar-refractivity contribution is 0.0725. The summed E-state index contributed by atoms with van der Waals surface area (Å²) in [6, 6.07) is 0.0666. The van der Waals surface area contributed by atoms with Crippen molar-refractivity contribution in [1.82, 2.24) is 19.8 Å². The number of carbonyl (C=O) groups excluding carboxylic acids is 1. The normalized spacial score (nSPS) is 23.3. The van der Waals surface area contributed by atoms with Crippen LogP contribution in [0.3, 0.4) is 0 Å². The molecule has 1 atom stereocenters. The molecule has 2 heterocycles. The monoisotopic (exact) mass is 358 g/mol. The van der Waals surface area contributed by atoms with E-state index in [0.29, 0.717) is 24.4 Å². The molecule has 1 amide bonds. The van der Waals surface area contributed by atoms with Crippen molar-refractivity contribution in [2.75, 3.05) is 13.1 Å². The topological polar surface area (TPSA) is 92.3 Å². The third kappa shape index (κ3) is 3.89. The number of carbonyl (C=O) groups is 1. The summed E-state index contributed by atoms with van der Waals surface area (Å²) >= 11 is 1.25. The van der Waals surface area contributed by atoms with Gasteiger partial charge in [-0.3, -0.25) is 4.79 Å². The van der Waals surface area contributed by atoms with Crippen LogP contribution < -0.4 is 4.72 Å². The highest BCUT2D eigenvalue weighted by Gasteiger charge is 2.35. The number of likely N-dealkylation sites (tertiary alicyclic amines) is 1. The Morgan fingerprint density at radius 1 is 1.22 bits per heavy atom. The van der Waals surface area contributed by atoms with Gasteiger partial charge < -0.3 is 4.90 Å². The van der Waals surface area contributed by atoms with E-state index in [1.165, 1.54) is 11.3 Å². The van der Waals surface area contributed by atoms with Gasteiger partial charge in [0, 0.05) is 19.1 Å². The maximum absolute atomic E-state index is 12.6. The lowest BCUT2D eigenvalue weighted by Gasteiger charge is -2.32. The molecule has 1 aliphatic carbocycles. The molecular weight excluding hydrogens is 336 g/mol. The molecule has 1 saturated carbocycles. The first kappa shape index (κ1) is 16.8. The number of aryl methyl sites for hydroxylation is 1. The van der Waals surface area contributed by atoms with E-state index in [-0.39, 0.29) is 18.5 Å². The van der Waals surface area contributed by atoms with Crippen LogP contribution in [-0.2, 0) is 10.0 Å². The van der Waals surface area contributed by atoms with Crippen molar-refractivity contribution in [1.29, 1.82) is 0 Å². The van der Waals surface area contributed by atoms with Crippen LogP contribution in [0.1, 0.15) is 53.3 Å². The molecule has 1 aliphatic heterocycles. The summed E-state index contributed by atoms with van der Waals surface area (Å²) in [5, 5.41) is 8.27. The Morgan fingerprint density at radius 2 is 1.96 bits per heavy atom. The summed E-state index contributed by atoms with van der Waals surface area (Å²) in [6.45, 7) is 2.61. The minimum Gasteiger partial charge on any atom is -0.335 e. The van der Waals surface area contributed by atoms with Crippen molar-refractivity contribution < 1.29 is 13.2 Å². The molecular formula is C14H22N4O3S2. The number of sulfonamides is 1. The minimum atomic E-state index is -3.39. The van der Waals surface area contributed by atoms with Gasteiger partial charge in [0.2, 0.25) is 15.0 Å². The van der Waals surface area contributed by atoms with Crippen LogP contribution >= 0.6 is 11.3 Å². The quantitative estimate of drug-likeness (QED) is 0.876. The second-order valence-electron chi connectivity index (χ2n) is 6.29. The maximum atomic E-state index is 12.6. The zero-order valence-corrected chi connectivity index (χ0v) is 14.8. The van der Waals surface area contributed by atoms with Gasteiger partial charge in [0.25, 0.3) is 5.91 Å². The SMILES string of the molecule is Cc1nnc(C(=O)N2CCC[C@H](S(=O)(=O)NC3CCCC3)C2)s1.